The fourth-order valence-electron chi connectivity index (χ4n) is 2.73. The van der Waals surface area contributed by atoms with Gasteiger partial charge in [0.1, 0.15) is 12.4 Å². The van der Waals surface area contributed by atoms with Gasteiger partial charge in [0.25, 0.3) is 0 Å². The van der Waals surface area contributed by atoms with Gasteiger partial charge in [0.15, 0.2) is 0 Å². The molecule has 1 atom stereocenters. The van der Waals surface area contributed by atoms with Crippen molar-refractivity contribution >= 4 is 27.6 Å². The van der Waals surface area contributed by atoms with E-state index in [4.69, 9.17) is 0 Å². The van der Waals surface area contributed by atoms with Crippen LogP contribution in [0.1, 0.15) is 22.7 Å². The number of halogens is 1. The molecule has 4 rings (SSSR count). The summed E-state index contributed by atoms with van der Waals surface area (Å²) in [5.74, 6) is 0.760. The van der Waals surface area contributed by atoms with Crippen molar-refractivity contribution in [2.24, 2.45) is 0 Å². The number of hydrogen-bond acceptors (Lipinski definition) is 3. The fraction of sp³-hybridized carbons (Fsp3) is 0.111. The molecule has 0 saturated carbocycles. The molecule has 0 radical (unpaired) electrons. The van der Waals surface area contributed by atoms with E-state index in [-0.39, 0.29) is 6.04 Å². The first-order chi connectivity index (χ1) is 11.2. The third-order valence-corrected chi connectivity index (χ3v) is 4.51. The van der Waals surface area contributed by atoms with Crippen molar-refractivity contribution in [2.45, 2.75) is 13.0 Å². The molecule has 5 heteroatoms. The maximum absolute atomic E-state index is 4.37. The molecule has 0 amide bonds. The second kappa shape index (κ2) is 5.66. The van der Waals surface area contributed by atoms with E-state index in [1.165, 1.54) is 11.1 Å². The van der Waals surface area contributed by atoms with E-state index in [2.05, 4.69) is 80.7 Å². The van der Waals surface area contributed by atoms with Crippen LogP contribution in [0, 0.1) is 6.92 Å². The van der Waals surface area contributed by atoms with Crippen molar-refractivity contribution in [3.8, 4) is 0 Å². The van der Waals surface area contributed by atoms with Crippen molar-refractivity contribution in [2.75, 3.05) is 5.32 Å². The molecule has 0 fully saturated rings. The highest BCUT2D eigenvalue weighted by molar-refractivity contribution is 9.10. The summed E-state index contributed by atoms with van der Waals surface area (Å²) < 4.78 is 2.97. The van der Waals surface area contributed by atoms with Crippen LogP contribution in [0.4, 0.5) is 5.95 Å². The summed E-state index contributed by atoms with van der Waals surface area (Å²) >= 11 is 3.49. The number of benzene rings is 2. The Morgan fingerprint density at radius 2 is 1.78 bits per heavy atom. The highest BCUT2D eigenvalue weighted by Gasteiger charge is 2.23. The maximum atomic E-state index is 4.37. The number of nitrogens with zero attached hydrogens (tertiary/aromatic N) is 3. The van der Waals surface area contributed by atoms with Gasteiger partial charge in [-0.2, -0.15) is 10.1 Å². The fourth-order valence-corrected chi connectivity index (χ4v) is 3.00. The molecule has 2 heterocycles. The van der Waals surface area contributed by atoms with Gasteiger partial charge >= 0.3 is 0 Å². The van der Waals surface area contributed by atoms with E-state index in [1.807, 2.05) is 16.8 Å². The van der Waals surface area contributed by atoms with E-state index in [9.17, 15) is 0 Å². The molecule has 1 aliphatic rings. The van der Waals surface area contributed by atoms with Crippen molar-refractivity contribution in [1.29, 1.82) is 0 Å². The monoisotopic (exact) mass is 366 g/mol. The van der Waals surface area contributed by atoms with Gasteiger partial charge in [-0.25, -0.2) is 4.68 Å². The molecule has 1 aromatic heterocycles. The van der Waals surface area contributed by atoms with Crippen LogP contribution >= 0.6 is 15.9 Å². The van der Waals surface area contributed by atoms with Crippen LogP contribution in [0.5, 0.6) is 0 Å². The average Bonchev–Trinajstić information content (AvgIpc) is 3.04. The Hall–Kier alpha value is -2.40. The molecule has 1 unspecified atom stereocenters. The lowest BCUT2D eigenvalue weighted by Crippen LogP contribution is -2.20. The molecule has 0 bridgehead atoms. The number of anilines is 1. The van der Waals surface area contributed by atoms with Gasteiger partial charge < -0.3 is 5.32 Å². The smallest absolute Gasteiger partial charge is 0.226 e. The van der Waals surface area contributed by atoms with Crippen LogP contribution in [-0.2, 0) is 0 Å². The summed E-state index contributed by atoms with van der Waals surface area (Å²) in [5.41, 5.74) is 4.62. The zero-order valence-electron chi connectivity index (χ0n) is 12.6. The van der Waals surface area contributed by atoms with E-state index < -0.39 is 0 Å². The maximum Gasteiger partial charge on any atom is 0.226 e. The number of aryl methyl sites for hydroxylation is 1. The summed E-state index contributed by atoms with van der Waals surface area (Å²) in [7, 11) is 0. The highest BCUT2D eigenvalue weighted by atomic mass is 79.9. The lowest BCUT2D eigenvalue weighted by Gasteiger charge is -2.24. The van der Waals surface area contributed by atoms with E-state index in [1.54, 1.807) is 6.33 Å². The first-order valence-corrected chi connectivity index (χ1v) is 8.21. The first-order valence-electron chi connectivity index (χ1n) is 7.41. The predicted octanol–water partition coefficient (Wildman–Crippen LogP) is 4.41. The van der Waals surface area contributed by atoms with Crippen LogP contribution in [0.25, 0.3) is 5.70 Å². The summed E-state index contributed by atoms with van der Waals surface area (Å²) in [6.45, 7) is 2.09. The Morgan fingerprint density at radius 3 is 2.52 bits per heavy atom. The molecule has 3 aromatic rings. The van der Waals surface area contributed by atoms with E-state index in [0.717, 1.165) is 21.7 Å². The van der Waals surface area contributed by atoms with Gasteiger partial charge in [0.05, 0.1) is 0 Å². The molecule has 0 aliphatic carbocycles. The number of rotatable bonds is 2. The van der Waals surface area contributed by atoms with E-state index in [0.29, 0.717) is 0 Å². The summed E-state index contributed by atoms with van der Waals surface area (Å²) in [5, 5.41) is 7.73. The summed E-state index contributed by atoms with van der Waals surface area (Å²) in [4.78, 5) is 4.33. The van der Waals surface area contributed by atoms with Gasteiger partial charge in [-0.05, 0) is 36.3 Å². The van der Waals surface area contributed by atoms with Crippen molar-refractivity contribution in [3.05, 3.63) is 82.1 Å². The average molecular weight is 367 g/mol. The second-order valence-corrected chi connectivity index (χ2v) is 6.51. The van der Waals surface area contributed by atoms with E-state index >= 15 is 0 Å². The quantitative estimate of drug-likeness (QED) is 0.730. The molecule has 0 saturated heterocycles. The minimum atomic E-state index is 0.0261. The minimum absolute atomic E-state index is 0.0261. The van der Waals surface area contributed by atoms with Crippen LogP contribution in [-0.4, -0.2) is 14.8 Å². The van der Waals surface area contributed by atoms with Crippen LogP contribution in [0.2, 0.25) is 0 Å². The topological polar surface area (TPSA) is 42.7 Å². The van der Waals surface area contributed by atoms with Crippen molar-refractivity contribution < 1.29 is 0 Å². The molecular formula is C18H15BrN4. The number of hydrogen-bond donors (Lipinski definition) is 1. The van der Waals surface area contributed by atoms with Gasteiger partial charge in [-0.3, -0.25) is 0 Å². The Labute approximate surface area is 143 Å². The van der Waals surface area contributed by atoms with Gasteiger partial charge in [0, 0.05) is 10.2 Å². The Morgan fingerprint density at radius 1 is 1.04 bits per heavy atom. The predicted molar refractivity (Wildman–Crippen MR) is 95.1 cm³/mol. The number of nitrogens with one attached hydrogen (secondary N) is 1. The first kappa shape index (κ1) is 14.2. The second-order valence-electron chi connectivity index (χ2n) is 5.60. The Kier molecular flexibility index (Phi) is 3.50. The molecule has 114 valence electrons. The lowest BCUT2D eigenvalue weighted by atomic mass is 10.0. The van der Waals surface area contributed by atoms with Gasteiger partial charge in [0.2, 0.25) is 5.95 Å². The van der Waals surface area contributed by atoms with Gasteiger partial charge in [-0.1, -0.05) is 57.9 Å². The highest BCUT2D eigenvalue weighted by Crippen LogP contribution is 2.32. The normalized spacial score (nSPS) is 16.4. The SMILES string of the molecule is Cc1ccc(C2=CC(c3ccc(Br)cc3)n3ncnc3N2)cc1. The van der Waals surface area contributed by atoms with Crippen LogP contribution < -0.4 is 5.32 Å². The number of fused-ring (bicyclic) bond motifs is 1. The standard InChI is InChI=1S/C18H15BrN4/c1-12-2-4-13(5-3-12)16-10-17(14-6-8-15(19)9-7-14)23-18(22-16)20-11-21-23/h2-11,17H,1H3,(H,20,21,22). The summed E-state index contributed by atoms with van der Waals surface area (Å²) in [6, 6.07) is 16.8. The molecule has 1 N–H and O–H groups in total. The largest absolute Gasteiger partial charge is 0.324 e. The van der Waals surface area contributed by atoms with Gasteiger partial charge in [-0.15, -0.1) is 0 Å². The molecule has 0 spiro atoms. The van der Waals surface area contributed by atoms with Crippen LogP contribution in [0.15, 0.2) is 65.4 Å². The Bertz CT molecular complexity index is 863. The Balaban J connectivity index is 1.79. The zero-order valence-corrected chi connectivity index (χ0v) is 14.2. The third kappa shape index (κ3) is 2.68. The lowest BCUT2D eigenvalue weighted by molar-refractivity contribution is 0.612. The van der Waals surface area contributed by atoms with Crippen molar-refractivity contribution in [1.82, 2.24) is 14.8 Å². The van der Waals surface area contributed by atoms with Crippen molar-refractivity contribution in [3.63, 3.8) is 0 Å². The zero-order chi connectivity index (χ0) is 15.8. The minimum Gasteiger partial charge on any atom is -0.324 e. The number of allylic oxidation sites excluding steroid dienone is 1. The molecule has 2 aromatic carbocycles. The van der Waals surface area contributed by atoms with Crippen LogP contribution in [0.3, 0.4) is 0 Å². The summed E-state index contributed by atoms with van der Waals surface area (Å²) in [6.07, 6.45) is 3.77. The molecule has 4 nitrogen and oxygen atoms in total. The molecule has 23 heavy (non-hydrogen) atoms. The molecular weight excluding hydrogens is 352 g/mol. The number of aromatic nitrogens is 3. The third-order valence-electron chi connectivity index (χ3n) is 3.98. The molecule has 1 aliphatic heterocycles.